The number of aromatic carboxylic acids is 1. The molecule has 0 fully saturated rings. The fourth-order valence-electron chi connectivity index (χ4n) is 2.26. The first-order valence-electron chi connectivity index (χ1n) is 6.29. The number of carbonyl (C=O) groups is 2. The Morgan fingerprint density at radius 3 is 2.71 bits per heavy atom. The van der Waals surface area contributed by atoms with E-state index in [-0.39, 0.29) is 11.6 Å². The van der Waals surface area contributed by atoms with Crippen LogP contribution in [-0.4, -0.2) is 36.8 Å². The number of carboxylic acid groups (broad SMARTS) is 1. The molecular formula is C13H13N5O3. The second kappa shape index (κ2) is 4.89. The van der Waals surface area contributed by atoms with Crippen LogP contribution in [0.15, 0.2) is 24.5 Å². The minimum atomic E-state index is -0.972. The van der Waals surface area contributed by atoms with Crippen LogP contribution in [0.25, 0.3) is 0 Å². The number of rotatable bonds is 2. The van der Waals surface area contributed by atoms with Crippen molar-refractivity contribution >= 4 is 17.9 Å². The van der Waals surface area contributed by atoms with Gasteiger partial charge in [-0.2, -0.15) is 10.1 Å². The van der Waals surface area contributed by atoms with Gasteiger partial charge in [0, 0.05) is 20.1 Å². The summed E-state index contributed by atoms with van der Waals surface area (Å²) in [6.45, 7) is 0.819. The van der Waals surface area contributed by atoms with Crippen molar-refractivity contribution in [1.82, 2.24) is 19.7 Å². The first kappa shape index (κ1) is 13.1. The lowest BCUT2D eigenvalue weighted by Gasteiger charge is -2.15. The van der Waals surface area contributed by atoms with Gasteiger partial charge in [-0.15, -0.1) is 0 Å². The Balaban J connectivity index is 1.74. The van der Waals surface area contributed by atoms with Gasteiger partial charge in [0.1, 0.15) is 6.33 Å². The molecule has 0 spiro atoms. The first-order chi connectivity index (χ1) is 10.0. The molecule has 0 unspecified atom stereocenters. The monoisotopic (exact) mass is 287 g/mol. The zero-order valence-electron chi connectivity index (χ0n) is 11.3. The Hall–Kier alpha value is -2.90. The van der Waals surface area contributed by atoms with Crippen molar-refractivity contribution in [3.63, 3.8) is 0 Å². The van der Waals surface area contributed by atoms with Gasteiger partial charge in [0.2, 0.25) is 5.95 Å². The van der Waals surface area contributed by atoms with Crippen molar-refractivity contribution in [2.24, 2.45) is 7.05 Å². The van der Waals surface area contributed by atoms with Gasteiger partial charge in [-0.3, -0.25) is 5.32 Å². The van der Waals surface area contributed by atoms with Crippen LogP contribution < -0.4 is 5.32 Å². The van der Waals surface area contributed by atoms with Gasteiger partial charge in [-0.25, -0.2) is 14.3 Å². The highest BCUT2D eigenvalue weighted by atomic mass is 16.4. The lowest BCUT2D eigenvalue weighted by Crippen LogP contribution is -2.31. The zero-order valence-corrected chi connectivity index (χ0v) is 11.3. The van der Waals surface area contributed by atoms with E-state index < -0.39 is 5.97 Å². The maximum absolute atomic E-state index is 12.2. The molecule has 2 N–H and O–H groups in total. The van der Waals surface area contributed by atoms with Crippen LogP contribution in [0, 0.1) is 0 Å². The molecule has 0 radical (unpaired) electrons. The molecule has 1 aliphatic rings. The number of amides is 2. The van der Waals surface area contributed by atoms with Crippen LogP contribution in [0.5, 0.6) is 0 Å². The summed E-state index contributed by atoms with van der Waals surface area (Å²) >= 11 is 0. The van der Waals surface area contributed by atoms with Crippen LogP contribution >= 0.6 is 0 Å². The van der Waals surface area contributed by atoms with E-state index in [1.807, 2.05) is 0 Å². The SMILES string of the molecule is Cn1ncnc1NC(=O)N1Cc2ccc(C(=O)O)cc2C1. The molecule has 0 saturated carbocycles. The fraction of sp³-hybridized carbons (Fsp3) is 0.231. The van der Waals surface area contributed by atoms with Crippen LogP contribution in [0.1, 0.15) is 21.5 Å². The van der Waals surface area contributed by atoms with Gasteiger partial charge in [0.05, 0.1) is 5.56 Å². The summed E-state index contributed by atoms with van der Waals surface area (Å²) in [5.74, 6) is -0.609. The molecule has 2 heterocycles. The topological polar surface area (TPSA) is 100 Å². The maximum Gasteiger partial charge on any atom is 0.335 e. The number of aromatic nitrogens is 3. The molecule has 1 aromatic carbocycles. The van der Waals surface area contributed by atoms with Gasteiger partial charge in [0.25, 0.3) is 0 Å². The standard InChI is InChI=1S/C13H13N5O3/c1-17-12(14-7-15-17)16-13(21)18-5-9-3-2-8(11(19)20)4-10(9)6-18/h2-4,7H,5-6H2,1H3,(H,19,20)(H,14,15,16,21). The summed E-state index contributed by atoms with van der Waals surface area (Å²) in [6, 6.07) is 4.60. The average Bonchev–Trinajstić information content (AvgIpc) is 3.04. The molecule has 108 valence electrons. The number of carboxylic acids is 1. The van der Waals surface area contributed by atoms with E-state index in [0.717, 1.165) is 11.1 Å². The molecule has 0 aliphatic carbocycles. The largest absolute Gasteiger partial charge is 0.478 e. The van der Waals surface area contributed by atoms with Crippen molar-refractivity contribution in [3.05, 3.63) is 41.2 Å². The molecule has 8 heteroatoms. The van der Waals surface area contributed by atoms with E-state index in [0.29, 0.717) is 19.0 Å². The quantitative estimate of drug-likeness (QED) is 0.860. The van der Waals surface area contributed by atoms with Crippen molar-refractivity contribution < 1.29 is 14.7 Å². The second-order valence-electron chi connectivity index (χ2n) is 4.78. The van der Waals surface area contributed by atoms with Gasteiger partial charge < -0.3 is 10.0 Å². The highest BCUT2D eigenvalue weighted by Gasteiger charge is 2.25. The molecule has 21 heavy (non-hydrogen) atoms. The van der Waals surface area contributed by atoms with E-state index in [1.165, 1.54) is 11.0 Å². The molecule has 3 rings (SSSR count). The van der Waals surface area contributed by atoms with Gasteiger partial charge in [-0.1, -0.05) is 6.07 Å². The maximum atomic E-state index is 12.2. The predicted molar refractivity (Wildman–Crippen MR) is 72.7 cm³/mol. The third-order valence-corrected chi connectivity index (χ3v) is 3.39. The third kappa shape index (κ3) is 2.42. The predicted octanol–water partition coefficient (Wildman–Crippen LogP) is 1.06. The summed E-state index contributed by atoms with van der Waals surface area (Å²) in [5, 5.41) is 15.5. The number of urea groups is 1. The normalized spacial score (nSPS) is 13.1. The second-order valence-corrected chi connectivity index (χ2v) is 4.78. The smallest absolute Gasteiger partial charge is 0.335 e. The lowest BCUT2D eigenvalue weighted by atomic mass is 10.1. The number of hydrogen-bond acceptors (Lipinski definition) is 4. The van der Waals surface area contributed by atoms with Crippen LogP contribution in [-0.2, 0) is 20.1 Å². The molecule has 2 amide bonds. The number of aryl methyl sites for hydroxylation is 1. The molecule has 0 saturated heterocycles. The van der Waals surface area contributed by atoms with Crippen molar-refractivity contribution in [3.8, 4) is 0 Å². The number of hydrogen-bond donors (Lipinski definition) is 2. The summed E-state index contributed by atoms with van der Waals surface area (Å²) in [5.41, 5.74) is 2.03. The Bertz CT molecular complexity index is 724. The highest BCUT2D eigenvalue weighted by molar-refractivity contribution is 5.89. The lowest BCUT2D eigenvalue weighted by molar-refractivity contribution is 0.0696. The number of nitrogens with zero attached hydrogens (tertiary/aromatic N) is 4. The molecule has 2 aromatic rings. The van der Waals surface area contributed by atoms with Crippen LogP contribution in [0.3, 0.4) is 0 Å². The Morgan fingerprint density at radius 2 is 2.05 bits per heavy atom. The summed E-state index contributed by atoms with van der Waals surface area (Å²) in [4.78, 5) is 28.6. The number of benzene rings is 1. The molecule has 8 nitrogen and oxygen atoms in total. The Kier molecular flexibility index (Phi) is 3.05. The molecule has 1 aliphatic heterocycles. The van der Waals surface area contributed by atoms with Crippen molar-refractivity contribution in [1.29, 1.82) is 0 Å². The minimum absolute atomic E-state index is 0.226. The summed E-state index contributed by atoms with van der Waals surface area (Å²) < 4.78 is 1.46. The van der Waals surface area contributed by atoms with Crippen LogP contribution in [0.4, 0.5) is 10.7 Å². The van der Waals surface area contributed by atoms with Gasteiger partial charge >= 0.3 is 12.0 Å². The van der Waals surface area contributed by atoms with Crippen molar-refractivity contribution in [2.45, 2.75) is 13.1 Å². The first-order valence-corrected chi connectivity index (χ1v) is 6.29. The number of fused-ring (bicyclic) bond motifs is 1. The van der Waals surface area contributed by atoms with E-state index >= 15 is 0 Å². The summed E-state index contributed by atoms with van der Waals surface area (Å²) in [7, 11) is 1.68. The summed E-state index contributed by atoms with van der Waals surface area (Å²) in [6.07, 6.45) is 1.35. The van der Waals surface area contributed by atoms with E-state index in [1.54, 1.807) is 30.1 Å². The third-order valence-electron chi connectivity index (χ3n) is 3.39. The number of nitrogens with one attached hydrogen (secondary N) is 1. The molecule has 0 bridgehead atoms. The van der Waals surface area contributed by atoms with E-state index in [9.17, 15) is 9.59 Å². The Morgan fingerprint density at radius 1 is 1.29 bits per heavy atom. The number of carbonyl (C=O) groups excluding carboxylic acids is 1. The van der Waals surface area contributed by atoms with Gasteiger partial charge in [-0.05, 0) is 23.3 Å². The van der Waals surface area contributed by atoms with Gasteiger partial charge in [0.15, 0.2) is 0 Å². The van der Waals surface area contributed by atoms with E-state index in [2.05, 4.69) is 15.4 Å². The fourth-order valence-corrected chi connectivity index (χ4v) is 2.26. The molecular weight excluding hydrogens is 274 g/mol. The highest BCUT2D eigenvalue weighted by Crippen LogP contribution is 2.24. The number of anilines is 1. The Labute approximate surface area is 120 Å². The average molecular weight is 287 g/mol. The van der Waals surface area contributed by atoms with E-state index in [4.69, 9.17) is 5.11 Å². The zero-order chi connectivity index (χ0) is 15.0. The van der Waals surface area contributed by atoms with Crippen molar-refractivity contribution in [2.75, 3.05) is 5.32 Å². The van der Waals surface area contributed by atoms with Crippen LogP contribution in [0.2, 0.25) is 0 Å². The molecule has 1 aromatic heterocycles. The minimum Gasteiger partial charge on any atom is -0.478 e. The molecule has 0 atom stereocenters.